The number of rotatable bonds is 7. The highest BCUT2D eigenvalue weighted by atomic mass is 32.2. The van der Waals surface area contributed by atoms with E-state index < -0.39 is 9.84 Å². The molecule has 1 aliphatic carbocycles. The van der Waals surface area contributed by atoms with Crippen LogP contribution in [0.5, 0.6) is 5.75 Å². The maximum Gasteiger partial charge on any atom is 0.226 e. The number of benzene rings is 1. The van der Waals surface area contributed by atoms with Gasteiger partial charge in [0.1, 0.15) is 5.75 Å². The van der Waals surface area contributed by atoms with Crippen LogP contribution in [-0.2, 0) is 27.5 Å². The molecule has 2 aromatic rings. The van der Waals surface area contributed by atoms with Gasteiger partial charge in [0.05, 0.1) is 23.5 Å². The smallest absolute Gasteiger partial charge is 0.226 e. The lowest BCUT2D eigenvalue weighted by Crippen LogP contribution is -2.14. The standard InChI is InChI=1S/C18H22N2O4S2/c1-24-13-8-10-14(11-9-13)26(22,23)12-4-7-17(21)20-18-19-15-5-2-3-6-16(15)25-18/h8-11H,2-7,12H2,1H3,(H,19,20,21). The van der Waals surface area contributed by atoms with Gasteiger partial charge in [-0.2, -0.15) is 0 Å². The molecule has 0 atom stereocenters. The Morgan fingerprint density at radius 3 is 2.65 bits per heavy atom. The minimum Gasteiger partial charge on any atom is -0.497 e. The second-order valence-electron chi connectivity index (χ2n) is 6.24. The first-order valence-corrected chi connectivity index (χ1v) is 11.1. The van der Waals surface area contributed by atoms with Gasteiger partial charge >= 0.3 is 0 Å². The lowest BCUT2D eigenvalue weighted by Gasteiger charge is -2.06. The van der Waals surface area contributed by atoms with Crippen molar-refractivity contribution < 1.29 is 17.9 Å². The maximum atomic E-state index is 12.3. The number of ether oxygens (including phenoxy) is 1. The van der Waals surface area contributed by atoms with Crippen molar-refractivity contribution >= 4 is 32.2 Å². The molecule has 0 bridgehead atoms. The van der Waals surface area contributed by atoms with Gasteiger partial charge in [-0.3, -0.25) is 4.79 Å². The van der Waals surface area contributed by atoms with Crippen LogP contribution in [-0.4, -0.2) is 32.2 Å². The number of sulfone groups is 1. The highest BCUT2D eigenvalue weighted by molar-refractivity contribution is 7.91. The number of nitrogens with zero attached hydrogens (tertiary/aromatic N) is 1. The van der Waals surface area contributed by atoms with Crippen molar-refractivity contribution in [3.8, 4) is 5.75 Å². The SMILES string of the molecule is COc1ccc(S(=O)(=O)CCCC(=O)Nc2nc3c(s2)CCCC3)cc1. The van der Waals surface area contributed by atoms with Gasteiger partial charge in [-0.05, 0) is 56.4 Å². The predicted molar refractivity (Wildman–Crippen MR) is 102 cm³/mol. The quantitative estimate of drug-likeness (QED) is 0.779. The van der Waals surface area contributed by atoms with E-state index in [1.165, 1.54) is 41.9 Å². The van der Waals surface area contributed by atoms with Gasteiger partial charge in [0.25, 0.3) is 0 Å². The Morgan fingerprint density at radius 1 is 1.23 bits per heavy atom. The third-order valence-electron chi connectivity index (χ3n) is 4.33. The van der Waals surface area contributed by atoms with Crippen LogP contribution >= 0.6 is 11.3 Å². The summed E-state index contributed by atoms with van der Waals surface area (Å²) in [6.45, 7) is 0. The van der Waals surface area contributed by atoms with Crippen LogP contribution in [0.25, 0.3) is 0 Å². The van der Waals surface area contributed by atoms with Crippen LogP contribution in [0, 0.1) is 0 Å². The van der Waals surface area contributed by atoms with E-state index in [-0.39, 0.29) is 29.4 Å². The summed E-state index contributed by atoms with van der Waals surface area (Å²) < 4.78 is 29.7. The van der Waals surface area contributed by atoms with Crippen molar-refractivity contribution in [3.63, 3.8) is 0 Å². The molecule has 1 aromatic carbocycles. The van der Waals surface area contributed by atoms with Gasteiger partial charge in [-0.15, -0.1) is 11.3 Å². The molecule has 0 aliphatic heterocycles. The molecule has 0 radical (unpaired) electrons. The average molecular weight is 395 g/mol. The number of carbonyl (C=O) groups is 1. The van der Waals surface area contributed by atoms with Crippen LogP contribution in [0.4, 0.5) is 5.13 Å². The normalized spacial score (nSPS) is 13.9. The van der Waals surface area contributed by atoms with Gasteiger partial charge in [-0.25, -0.2) is 13.4 Å². The summed E-state index contributed by atoms with van der Waals surface area (Å²) >= 11 is 1.53. The summed E-state index contributed by atoms with van der Waals surface area (Å²) in [4.78, 5) is 18.0. The second kappa shape index (κ2) is 8.18. The highest BCUT2D eigenvalue weighted by Crippen LogP contribution is 2.29. The van der Waals surface area contributed by atoms with Crippen LogP contribution in [0.15, 0.2) is 29.2 Å². The van der Waals surface area contributed by atoms with E-state index in [4.69, 9.17) is 4.74 Å². The third-order valence-corrected chi connectivity index (χ3v) is 7.22. The molecule has 0 fully saturated rings. The van der Waals surface area contributed by atoms with Gasteiger partial charge in [-0.1, -0.05) is 0 Å². The Labute approximate surface area is 157 Å². The topological polar surface area (TPSA) is 85.4 Å². The highest BCUT2D eigenvalue weighted by Gasteiger charge is 2.18. The maximum absolute atomic E-state index is 12.3. The van der Waals surface area contributed by atoms with E-state index in [1.54, 1.807) is 12.1 Å². The van der Waals surface area contributed by atoms with Crippen molar-refractivity contribution in [2.75, 3.05) is 18.2 Å². The number of hydrogen-bond donors (Lipinski definition) is 1. The zero-order valence-electron chi connectivity index (χ0n) is 14.7. The molecule has 1 aliphatic rings. The Balaban J connectivity index is 1.50. The average Bonchev–Trinajstić information content (AvgIpc) is 3.03. The number of thiazole rings is 1. The van der Waals surface area contributed by atoms with E-state index in [0.717, 1.165) is 25.0 Å². The Bertz CT molecular complexity index is 850. The molecule has 1 aromatic heterocycles. The van der Waals surface area contributed by atoms with Crippen LogP contribution < -0.4 is 10.1 Å². The molecule has 0 saturated heterocycles. The molecule has 1 N–H and O–H groups in total. The first-order valence-electron chi connectivity index (χ1n) is 8.63. The molecule has 6 nitrogen and oxygen atoms in total. The molecule has 1 amide bonds. The van der Waals surface area contributed by atoms with Gasteiger partial charge in [0.2, 0.25) is 5.91 Å². The van der Waals surface area contributed by atoms with Gasteiger partial charge in [0.15, 0.2) is 15.0 Å². The van der Waals surface area contributed by atoms with Crippen molar-refractivity contribution in [2.24, 2.45) is 0 Å². The lowest BCUT2D eigenvalue weighted by atomic mass is 10.0. The molecular formula is C18H22N2O4S2. The van der Waals surface area contributed by atoms with E-state index in [1.807, 2.05) is 0 Å². The zero-order chi connectivity index (χ0) is 18.6. The summed E-state index contributed by atoms with van der Waals surface area (Å²) in [6, 6.07) is 6.27. The molecular weight excluding hydrogens is 372 g/mol. The van der Waals surface area contributed by atoms with E-state index in [2.05, 4.69) is 10.3 Å². The summed E-state index contributed by atoms with van der Waals surface area (Å²) in [6.07, 6.45) is 4.74. The number of amides is 1. The Hall–Kier alpha value is -1.93. The van der Waals surface area contributed by atoms with E-state index in [9.17, 15) is 13.2 Å². The third kappa shape index (κ3) is 4.62. The number of fused-ring (bicyclic) bond motifs is 1. The van der Waals surface area contributed by atoms with Gasteiger partial charge in [0, 0.05) is 11.3 Å². The number of carbonyl (C=O) groups excluding carboxylic acids is 1. The monoisotopic (exact) mass is 394 g/mol. The minimum atomic E-state index is -3.40. The van der Waals surface area contributed by atoms with Crippen LogP contribution in [0.2, 0.25) is 0 Å². The minimum absolute atomic E-state index is 0.0683. The molecule has 3 rings (SSSR count). The molecule has 0 unspecified atom stereocenters. The van der Waals surface area contributed by atoms with Crippen molar-refractivity contribution in [1.82, 2.24) is 4.98 Å². The lowest BCUT2D eigenvalue weighted by molar-refractivity contribution is -0.116. The first-order chi connectivity index (χ1) is 12.5. The summed E-state index contributed by atoms with van der Waals surface area (Å²) in [7, 11) is -1.88. The number of methoxy groups -OCH3 is 1. The van der Waals surface area contributed by atoms with Crippen molar-refractivity contribution in [2.45, 2.75) is 43.4 Å². The number of nitrogens with one attached hydrogen (secondary N) is 1. The summed E-state index contributed by atoms with van der Waals surface area (Å²) in [5.41, 5.74) is 1.10. The fraction of sp³-hybridized carbons (Fsp3) is 0.444. The molecule has 140 valence electrons. The van der Waals surface area contributed by atoms with Crippen molar-refractivity contribution in [3.05, 3.63) is 34.8 Å². The van der Waals surface area contributed by atoms with Crippen LogP contribution in [0.3, 0.4) is 0 Å². The first kappa shape index (κ1) is 18.8. The Kier molecular flexibility index (Phi) is 5.93. The molecule has 26 heavy (non-hydrogen) atoms. The largest absolute Gasteiger partial charge is 0.497 e. The number of aryl methyl sites for hydroxylation is 2. The summed E-state index contributed by atoms with van der Waals surface area (Å²) in [5, 5.41) is 3.42. The molecule has 1 heterocycles. The van der Waals surface area contributed by atoms with E-state index >= 15 is 0 Å². The Morgan fingerprint density at radius 2 is 1.96 bits per heavy atom. The van der Waals surface area contributed by atoms with Crippen molar-refractivity contribution in [1.29, 1.82) is 0 Å². The number of anilines is 1. The van der Waals surface area contributed by atoms with E-state index in [0.29, 0.717) is 10.9 Å². The van der Waals surface area contributed by atoms with Crippen LogP contribution in [0.1, 0.15) is 36.3 Å². The fourth-order valence-corrected chi connectivity index (χ4v) is 5.29. The summed E-state index contributed by atoms with van der Waals surface area (Å²) in [5.74, 6) is 0.344. The number of hydrogen-bond acceptors (Lipinski definition) is 6. The number of aromatic nitrogens is 1. The molecule has 0 saturated carbocycles. The second-order valence-corrected chi connectivity index (χ2v) is 9.43. The predicted octanol–water partition coefficient (Wildman–Crippen LogP) is 3.22. The molecule has 8 heteroatoms. The fourth-order valence-electron chi connectivity index (χ4n) is 2.91. The zero-order valence-corrected chi connectivity index (χ0v) is 16.3. The van der Waals surface area contributed by atoms with Gasteiger partial charge < -0.3 is 10.1 Å². The molecule has 0 spiro atoms.